The van der Waals surface area contributed by atoms with Crippen LogP contribution in [0.1, 0.15) is 23.9 Å². The van der Waals surface area contributed by atoms with E-state index in [0.29, 0.717) is 0 Å². The van der Waals surface area contributed by atoms with Gasteiger partial charge in [0.05, 0.1) is 23.9 Å². The van der Waals surface area contributed by atoms with Gasteiger partial charge in [-0.2, -0.15) is 0 Å². The summed E-state index contributed by atoms with van der Waals surface area (Å²) < 4.78 is 1.84. The fourth-order valence-electron chi connectivity index (χ4n) is 1.86. The summed E-state index contributed by atoms with van der Waals surface area (Å²) >= 11 is 0. The van der Waals surface area contributed by atoms with Crippen LogP contribution in [0.2, 0.25) is 0 Å². The summed E-state index contributed by atoms with van der Waals surface area (Å²) in [6, 6.07) is 5.08. The summed E-state index contributed by atoms with van der Waals surface area (Å²) in [5.74, 6) is -0.905. The van der Waals surface area contributed by atoms with Crippen molar-refractivity contribution in [2.75, 3.05) is 0 Å². The average Bonchev–Trinajstić information content (AvgIpc) is 2.52. The van der Waals surface area contributed by atoms with Crippen LogP contribution in [0, 0.1) is 6.92 Å². The van der Waals surface area contributed by atoms with Crippen molar-refractivity contribution in [3.8, 4) is 0 Å². The standard InChI is InChI=1S/C11H13N3O2/c1-7-11(8(12)6-10(15)16)14-5-3-2-4-9(14)13-7/h2-5,8H,6,12H2,1H3,(H,15,16). The van der Waals surface area contributed by atoms with E-state index in [9.17, 15) is 4.79 Å². The minimum absolute atomic E-state index is 0.0937. The van der Waals surface area contributed by atoms with Gasteiger partial charge in [0.1, 0.15) is 5.65 Å². The van der Waals surface area contributed by atoms with E-state index in [4.69, 9.17) is 10.8 Å². The van der Waals surface area contributed by atoms with Crippen molar-refractivity contribution in [2.24, 2.45) is 5.73 Å². The molecule has 0 bridgehead atoms. The molecule has 2 aromatic rings. The molecule has 0 aromatic carbocycles. The maximum absolute atomic E-state index is 10.6. The first-order valence-electron chi connectivity index (χ1n) is 5.00. The lowest BCUT2D eigenvalue weighted by Crippen LogP contribution is -2.17. The highest BCUT2D eigenvalue weighted by molar-refractivity contribution is 5.68. The van der Waals surface area contributed by atoms with Crippen molar-refractivity contribution < 1.29 is 9.90 Å². The van der Waals surface area contributed by atoms with Gasteiger partial charge in [0, 0.05) is 6.20 Å². The number of nitrogens with two attached hydrogens (primary N) is 1. The van der Waals surface area contributed by atoms with Gasteiger partial charge in [-0.1, -0.05) is 6.07 Å². The fraction of sp³-hybridized carbons (Fsp3) is 0.273. The Balaban J connectivity index is 2.50. The first kappa shape index (κ1) is 10.6. The van der Waals surface area contributed by atoms with Crippen LogP contribution in [0.5, 0.6) is 0 Å². The van der Waals surface area contributed by atoms with Crippen LogP contribution in [0.3, 0.4) is 0 Å². The molecule has 3 N–H and O–H groups in total. The quantitative estimate of drug-likeness (QED) is 0.810. The van der Waals surface area contributed by atoms with Crippen molar-refractivity contribution >= 4 is 11.6 Å². The lowest BCUT2D eigenvalue weighted by molar-refractivity contribution is -0.137. The molecule has 0 aliphatic heterocycles. The van der Waals surface area contributed by atoms with E-state index in [1.165, 1.54) is 0 Å². The molecule has 1 unspecified atom stereocenters. The molecule has 0 saturated carbocycles. The summed E-state index contributed by atoms with van der Waals surface area (Å²) in [7, 11) is 0. The molecule has 0 fully saturated rings. The minimum Gasteiger partial charge on any atom is -0.481 e. The van der Waals surface area contributed by atoms with Gasteiger partial charge >= 0.3 is 5.97 Å². The van der Waals surface area contributed by atoms with E-state index in [0.717, 1.165) is 17.0 Å². The molecule has 0 saturated heterocycles. The van der Waals surface area contributed by atoms with Gasteiger partial charge in [-0.25, -0.2) is 4.98 Å². The van der Waals surface area contributed by atoms with Crippen molar-refractivity contribution in [3.05, 3.63) is 35.8 Å². The van der Waals surface area contributed by atoms with Crippen LogP contribution in [-0.4, -0.2) is 20.5 Å². The number of imidazole rings is 1. The molecule has 0 aliphatic rings. The Morgan fingerprint density at radius 3 is 3.06 bits per heavy atom. The predicted molar refractivity (Wildman–Crippen MR) is 59.1 cm³/mol. The Bertz CT molecular complexity index is 533. The highest BCUT2D eigenvalue weighted by atomic mass is 16.4. The molecule has 0 amide bonds. The summed E-state index contributed by atoms with van der Waals surface area (Å²) in [5, 5.41) is 8.74. The van der Waals surface area contributed by atoms with Gasteiger partial charge in [0.2, 0.25) is 0 Å². The predicted octanol–water partition coefficient (Wildman–Crippen LogP) is 1.12. The van der Waals surface area contributed by atoms with Crippen LogP contribution in [0.4, 0.5) is 0 Å². The molecule has 2 aromatic heterocycles. The maximum Gasteiger partial charge on any atom is 0.305 e. The number of aryl methyl sites for hydroxylation is 1. The molecule has 0 aliphatic carbocycles. The second-order valence-corrected chi connectivity index (χ2v) is 3.72. The smallest absolute Gasteiger partial charge is 0.305 e. The van der Waals surface area contributed by atoms with E-state index in [-0.39, 0.29) is 6.42 Å². The van der Waals surface area contributed by atoms with Crippen LogP contribution in [0.15, 0.2) is 24.4 Å². The van der Waals surface area contributed by atoms with E-state index < -0.39 is 12.0 Å². The maximum atomic E-state index is 10.6. The van der Waals surface area contributed by atoms with Crippen LogP contribution in [0.25, 0.3) is 5.65 Å². The Hall–Kier alpha value is -1.88. The molecule has 16 heavy (non-hydrogen) atoms. The number of pyridine rings is 1. The topological polar surface area (TPSA) is 80.6 Å². The molecule has 0 radical (unpaired) electrons. The molecular weight excluding hydrogens is 206 g/mol. The lowest BCUT2D eigenvalue weighted by Gasteiger charge is -2.09. The first-order chi connectivity index (χ1) is 7.59. The van der Waals surface area contributed by atoms with E-state index >= 15 is 0 Å². The largest absolute Gasteiger partial charge is 0.481 e. The third-order valence-electron chi connectivity index (χ3n) is 2.50. The Morgan fingerprint density at radius 1 is 1.62 bits per heavy atom. The molecule has 84 valence electrons. The number of aromatic nitrogens is 2. The normalized spacial score (nSPS) is 12.9. The van der Waals surface area contributed by atoms with Crippen molar-refractivity contribution in [1.82, 2.24) is 9.38 Å². The molecule has 2 rings (SSSR count). The zero-order valence-corrected chi connectivity index (χ0v) is 8.92. The fourth-order valence-corrected chi connectivity index (χ4v) is 1.86. The number of carboxylic acid groups (broad SMARTS) is 1. The van der Waals surface area contributed by atoms with Crippen molar-refractivity contribution in [3.63, 3.8) is 0 Å². The molecule has 5 heteroatoms. The Kier molecular flexibility index (Phi) is 2.62. The van der Waals surface area contributed by atoms with Gasteiger partial charge < -0.3 is 15.2 Å². The summed E-state index contributed by atoms with van der Waals surface area (Å²) in [6.45, 7) is 1.84. The third kappa shape index (κ3) is 1.77. The number of carboxylic acids is 1. The van der Waals surface area contributed by atoms with Crippen molar-refractivity contribution in [2.45, 2.75) is 19.4 Å². The third-order valence-corrected chi connectivity index (χ3v) is 2.50. The molecule has 0 spiro atoms. The Morgan fingerprint density at radius 2 is 2.38 bits per heavy atom. The van der Waals surface area contributed by atoms with E-state index in [2.05, 4.69) is 4.98 Å². The summed E-state index contributed by atoms with van der Waals surface area (Å²) in [6.07, 6.45) is 1.75. The van der Waals surface area contributed by atoms with Crippen LogP contribution >= 0.6 is 0 Å². The number of rotatable bonds is 3. The summed E-state index contributed by atoms with van der Waals surface area (Å²) in [5.41, 5.74) is 8.19. The minimum atomic E-state index is -0.905. The zero-order chi connectivity index (χ0) is 11.7. The molecule has 2 heterocycles. The second-order valence-electron chi connectivity index (χ2n) is 3.72. The van der Waals surface area contributed by atoms with Crippen LogP contribution in [-0.2, 0) is 4.79 Å². The Labute approximate surface area is 92.5 Å². The first-order valence-corrected chi connectivity index (χ1v) is 5.00. The molecule has 1 atom stereocenters. The summed E-state index contributed by atoms with van der Waals surface area (Å²) in [4.78, 5) is 15.0. The number of aliphatic carboxylic acids is 1. The number of hydrogen-bond acceptors (Lipinski definition) is 3. The van der Waals surface area contributed by atoms with Gasteiger partial charge in [-0.15, -0.1) is 0 Å². The number of carbonyl (C=O) groups is 1. The lowest BCUT2D eigenvalue weighted by atomic mass is 10.1. The van der Waals surface area contributed by atoms with Gasteiger partial charge in [0.25, 0.3) is 0 Å². The van der Waals surface area contributed by atoms with E-state index in [1.807, 2.05) is 35.7 Å². The van der Waals surface area contributed by atoms with Gasteiger partial charge in [-0.3, -0.25) is 4.79 Å². The molecular formula is C11H13N3O2. The monoisotopic (exact) mass is 219 g/mol. The van der Waals surface area contributed by atoms with Crippen LogP contribution < -0.4 is 5.73 Å². The zero-order valence-electron chi connectivity index (χ0n) is 8.92. The van der Waals surface area contributed by atoms with Gasteiger partial charge in [0.15, 0.2) is 0 Å². The SMILES string of the molecule is Cc1nc2ccccn2c1C(N)CC(=O)O. The number of fused-ring (bicyclic) bond motifs is 1. The van der Waals surface area contributed by atoms with E-state index in [1.54, 1.807) is 0 Å². The molecule has 5 nitrogen and oxygen atoms in total. The second kappa shape index (κ2) is 3.94. The van der Waals surface area contributed by atoms with Gasteiger partial charge in [-0.05, 0) is 19.1 Å². The highest BCUT2D eigenvalue weighted by Gasteiger charge is 2.18. The number of hydrogen-bond donors (Lipinski definition) is 2. The number of nitrogens with zero attached hydrogens (tertiary/aromatic N) is 2. The highest BCUT2D eigenvalue weighted by Crippen LogP contribution is 2.20. The average molecular weight is 219 g/mol. The van der Waals surface area contributed by atoms with Crippen molar-refractivity contribution in [1.29, 1.82) is 0 Å².